The first kappa shape index (κ1) is 9.57. The van der Waals surface area contributed by atoms with E-state index in [2.05, 4.69) is 4.98 Å². The number of anilines is 1. The lowest BCUT2D eigenvalue weighted by molar-refractivity contribution is 0.592. The molecule has 0 fully saturated rings. The first-order valence-electron chi connectivity index (χ1n) is 3.78. The Labute approximate surface area is 92.3 Å². The van der Waals surface area contributed by atoms with E-state index in [-0.39, 0.29) is 10.9 Å². The molecule has 2 nitrogen and oxygen atoms in total. The fraction of sp³-hybridized carbons (Fsp3) is 0. The highest BCUT2D eigenvalue weighted by atomic mass is 127. The van der Waals surface area contributed by atoms with Crippen molar-refractivity contribution >= 4 is 39.2 Å². The van der Waals surface area contributed by atoms with Crippen LogP contribution in [0.5, 0.6) is 0 Å². The number of nitrogens with two attached hydrogens (primary N) is 1. The number of nitrogen functional groups attached to an aromatic ring is 1. The number of pyridine rings is 1. The van der Waals surface area contributed by atoms with E-state index in [1.165, 1.54) is 6.20 Å². The SMILES string of the molecule is Nc1c(I)cnc2cc(F)cc(F)c12. The quantitative estimate of drug-likeness (QED) is 0.760. The predicted molar refractivity (Wildman–Crippen MR) is 58.8 cm³/mol. The summed E-state index contributed by atoms with van der Waals surface area (Å²) in [6.07, 6.45) is 1.48. The van der Waals surface area contributed by atoms with Crippen LogP contribution in [0.1, 0.15) is 0 Å². The number of nitrogens with zero attached hydrogens (tertiary/aromatic N) is 1. The molecule has 2 aromatic rings. The first-order valence-corrected chi connectivity index (χ1v) is 4.86. The second-order valence-electron chi connectivity index (χ2n) is 2.80. The van der Waals surface area contributed by atoms with Gasteiger partial charge in [-0.2, -0.15) is 0 Å². The Morgan fingerprint density at radius 2 is 2.00 bits per heavy atom. The van der Waals surface area contributed by atoms with Crippen LogP contribution in [0.15, 0.2) is 18.3 Å². The molecule has 5 heteroatoms. The molecule has 2 rings (SSSR count). The van der Waals surface area contributed by atoms with Crippen LogP contribution in [-0.4, -0.2) is 4.98 Å². The van der Waals surface area contributed by atoms with Crippen LogP contribution in [0, 0.1) is 15.2 Å². The molecule has 0 aliphatic heterocycles. The smallest absolute Gasteiger partial charge is 0.137 e. The zero-order valence-electron chi connectivity index (χ0n) is 6.89. The molecule has 0 unspecified atom stereocenters. The Hall–Kier alpha value is -0.980. The average molecular weight is 306 g/mol. The molecule has 0 aliphatic carbocycles. The van der Waals surface area contributed by atoms with Crippen LogP contribution in [0.2, 0.25) is 0 Å². The van der Waals surface area contributed by atoms with Gasteiger partial charge in [0, 0.05) is 18.3 Å². The van der Waals surface area contributed by atoms with E-state index >= 15 is 0 Å². The van der Waals surface area contributed by atoms with Crippen LogP contribution in [0.4, 0.5) is 14.5 Å². The molecule has 1 aromatic carbocycles. The lowest BCUT2D eigenvalue weighted by Crippen LogP contribution is -1.96. The van der Waals surface area contributed by atoms with Crippen molar-refractivity contribution in [2.24, 2.45) is 0 Å². The molecule has 0 saturated carbocycles. The summed E-state index contributed by atoms with van der Waals surface area (Å²) in [5.74, 6) is -1.33. The normalized spacial score (nSPS) is 10.8. The minimum Gasteiger partial charge on any atom is -0.397 e. The standard InChI is InChI=1S/C9H5F2IN2/c10-4-1-5(11)8-7(2-4)14-3-6(12)9(8)13/h1-3H,(H2,13,14). The highest BCUT2D eigenvalue weighted by molar-refractivity contribution is 14.1. The number of benzene rings is 1. The fourth-order valence-corrected chi connectivity index (χ4v) is 1.65. The van der Waals surface area contributed by atoms with Gasteiger partial charge >= 0.3 is 0 Å². The van der Waals surface area contributed by atoms with Gasteiger partial charge in [0.15, 0.2) is 0 Å². The zero-order chi connectivity index (χ0) is 10.3. The van der Waals surface area contributed by atoms with Crippen LogP contribution in [0.3, 0.4) is 0 Å². The molecular formula is C9H5F2IN2. The summed E-state index contributed by atoms with van der Waals surface area (Å²) >= 11 is 1.95. The van der Waals surface area contributed by atoms with E-state index in [9.17, 15) is 8.78 Å². The number of hydrogen-bond donors (Lipinski definition) is 1. The molecular weight excluding hydrogens is 301 g/mol. The summed E-state index contributed by atoms with van der Waals surface area (Å²) < 4.78 is 26.8. The summed E-state index contributed by atoms with van der Waals surface area (Å²) in [6, 6.07) is 1.96. The third-order valence-corrected chi connectivity index (χ3v) is 2.74. The second-order valence-corrected chi connectivity index (χ2v) is 3.96. The summed E-state index contributed by atoms with van der Waals surface area (Å²) in [6.45, 7) is 0. The fourth-order valence-electron chi connectivity index (χ4n) is 1.24. The van der Waals surface area contributed by atoms with Crippen molar-refractivity contribution in [3.05, 3.63) is 33.5 Å². The van der Waals surface area contributed by atoms with Gasteiger partial charge in [-0.15, -0.1) is 0 Å². The molecule has 0 bridgehead atoms. The van der Waals surface area contributed by atoms with E-state index in [1.54, 1.807) is 0 Å². The van der Waals surface area contributed by atoms with E-state index < -0.39 is 11.6 Å². The van der Waals surface area contributed by atoms with Gasteiger partial charge in [-0.3, -0.25) is 4.98 Å². The summed E-state index contributed by atoms with van der Waals surface area (Å²) in [5.41, 5.74) is 6.19. The maximum absolute atomic E-state index is 13.3. The van der Waals surface area contributed by atoms with Gasteiger partial charge < -0.3 is 5.73 Å². The molecule has 0 aliphatic rings. The largest absolute Gasteiger partial charge is 0.397 e. The Balaban J connectivity index is 2.95. The van der Waals surface area contributed by atoms with Gasteiger partial charge in [0.05, 0.1) is 20.2 Å². The Morgan fingerprint density at radius 1 is 1.29 bits per heavy atom. The van der Waals surface area contributed by atoms with Crippen molar-refractivity contribution < 1.29 is 8.78 Å². The van der Waals surface area contributed by atoms with Crippen molar-refractivity contribution in [3.8, 4) is 0 Å². The van der Waals surface area contributed by atoms with Crippen molar-refractivity contribution in [3.63, 3.8) is 0 Å². The molecule has 0 spiro atoms. The minimum atomic E-state index is -0.677. The molecule has 1 heterocycles. The van der Waals surface area contributed by atoms with E-state index in [1.807, 2.05) is 22.6 Å². The number of aromatic nitrogens is 1. The van der Waals surface area contributed by atoms with Gasteiger partial charge in [-0.25, -0.2) is 8.78 Å². The third-order valence-electron chi connectivity index (χ3n) is 1.88. The highest BCUT2D eigenvalue weighted by Gasteiger charge is 2.10. The van der Waals surface area contributed by atoms with Gasteiger partial charge in [0.2, 0.25) is 0 Å². The zero-order valence-corrected chi connectivity index (χ0v) is 9.05. The monoisotopic (exact) mass is 306 g/mol. The van der Waals surface area contributed by atoms with E-state index in [0.29, 0.717) is 9.26 Å². The van der Waals surface area contributed by atoms with Gasteiger partial charge in [-0.1, -0.05) is 0 Å². The van der Waals surface area contributed by atoms with E-state index in [0.717, 1.165) is 12.1 Å². The highest BCUT2D eigenvalue weighted by Crippen LogP contribution is 2.27. The number of halogens is 3. The lowest BCUT2D eigenvalue weighted by atomic mass is 10.2. The molecule has 72 valence electrons. The van der Waals surface area contributed by atoms with Gasteiger partial charge in [0.25, 0.3) is 0 Å². The predicted octanol–water partition coefficient (Wildman–Crippen LogP) is 2.70. The van der Waals surface area contributed by atoms with Crippen molar-refractivity contribution in [1.29, 1.82) is 0 Å². The first-order chi connectivity index (χ1) is 6.59. The van der Waals surface area contributed by atoms with Crippen LogP contribution in [-0.2, 0) is 0 Å². The maximum atomic E-state index is 13.3. The summed E-state index contributed by atoms with van der Waals surface area (Å²) in [5, 5.41) is 0.179. The minimum absolute atomic E-state index is 0.179. The molecule has 0 radical (unpaired) electrons. The van der Waals surface area contributed by atoms with Crippen molar-refractivity contribution in [2.45, 2.75) is 0 Å². The number of hydrogen-bond acceptors (Lipinski definition) is 2. The second kappa shape index (κ2) is 3.30. The average Bonchev–Trinajstić information content (AvgIpc) is 2.10. The third kappa shape index (κ3) is 1.41. The maximum Gasteiger partial charge on any atom is 0.137 e. The summed E-state index contributed by atoms with van der Waals surface area (Å²) in [7, 11) is 0. The topological polar surface area (TPSA) is 38.9 Å². The molecule has 0 amide bonds. The lowest BCUT2D eigenvalue weighted by Gasteiger charge is -2.04. The van der Waals surface area contributed by atoms with Gasteiger partial charge in [-0.05, 0) is 22.6 Å². The molecule has 14 heavy (non-hydrogen) atoms. The number of fused-ring (bicyclic) bond motifs is 1. The molecule has 0 atom stereocenters. The Kier molecular flexibility index (Phi) is 2.26. The molecule has 0 saturated heterocycles. The number of rotatable bonds is 0. The Bertz CT molecular complexity index is 514. The van der Waals surface area contributed by atoms with Crippen LogP contribution < -0.4 is 5.73 Å². The van der Waals surface area contributed by atoms with Crippen molar-refractivity contribution in [1.82, 2.24) is 4.98 Å². The van der Waals surface area contributed by atoms with Crippen molar-refractivity contribution in [2.75, 3.05) is 5.73 Å². The molecule has 1 aromatic heterocycles. The van der Waals surface area contributed by atoms with E-state index in [4.69, 9.17) is 5.73 Å². The van der Waals surface area contributed by atoms with Gasteiger partial charge in [0.1, 0.15) is 11.6 Å². The van der Waals surface area contributed by atoms with Crippen LogP contribution >= 0.6 is 22.6 Å². The molecule has 2 N–H and O–H groups in total. The summed E-state index contributed by atoms with van der Waals surface area (Å²) in [4.78, 5) is 3.90. The Morgan fingerprint density at radius 3 is 2.71 bits per heavy atom. The van der Waals surface area contributed by atoms with Crippen LogP contribution in [0.25, 0.3) is 10.9 Å².